The Hall–Kier alpha value is -1.10. The van der Waals surface area contributed by atoms with Crippen molar-refractivity contribution in [2.24, 2.45) is 11.3 Å². The van der Waals surface area contributed by atoms with Crippen LogP contribution in [0.15, 0.2) is 0 Å². The van der Waals surface area contributed by atoms with E-state index in [1.54, 1.807) is 13.8 Å². The summed E-state index contributed by atoms with van der Waals surface area (Å²) < 4.78 is 0. The van der Waals surface area contributed by atoms with Crippen LogP contribution in [0.5, 0.6) is 0 Å². The Morgan fingerprint density at radius 2 is 1.85 bits per heavy atom. The molecule has 1 unspecified atom stereocenters. The Balaban J connectivity index is 2.58. The van der Waals surface area contributed by atoms with Gasteiger partial charge < -0.3 is 10.4 Å². The van der Waals surface area contributed by atoms with E-state index in [9.17, 15) is 14.7 Å². The van der Waals surface area contributed by atoms with Gasteiger partial charge in [0.25, 0.3) is 0 Å². The molecule has 1 fully saturated rings. The summed E-state index contributed by atoms with van der Waals surface area (Å²) in [7, 11) is 0. The van der Waals surface area contributed by atoms with E-state index < -0.39 is 11.4 Å². The van der Waals surface area contributed by atoms with Crippen LogP contribution in [0.2, 0.25) is 0 Å². The zero-order valence-corrected chi connectivity index (χ0v) is 13.3. The van der Waals surface area contributed by atoms with Gasteiger partial charge in [-0.05, 0) is 59.9 Å². The molecule has 0 radical (unpaired) electrons. The summed E-state index contributed by atoms with van der Waals surface area (Å²) in [4.78, 5) is 25.4. The van der Waals surface area contributed by atoms with E-state index in [-0.39, 0.29) is 17.4 Å². The van der Waals surface area contributed by atoms with Crippen molar-refractivity contribution in [3.05, 3.63) is 0 Å². The molecule has 20 heavy (non-hydrogen) atoms. The van der Waals surface area contributed by atoms with E-state index in [1.165, 1.54) is 0 Å². The van der Waals surface area contributed by atoms with Crippen molar-refractivity contribution in [1.82, 2.24) is 10.2 Å². The first kappa shape index (κ1) is 17.0. The van der Waals surface area contributed by atoms with Gasteiger partial charge in [0.05, 0.1) is 12.0 Å². The number of hydrogen-bond donors (Lipinski definition) is 2. The summed E-state index contributed by atoms with van der Waals surface area (Å²) in [5.74, 6) is -0.661. The predicted octanol–water partition coefficient (Wildman–Crippen LogP) is 1.72. The number of nitrogens with zero attached hydrogens (tertiary/aromatic N) is 1. The van der Waals surface area contributed by atoms with Gasteiger partial charge in [-0.3, -0.25) is 14.5 Å². The minimum atomic E-state index is -0.761. The molecule has 2 N–H and O–H groups in total. The van der Waals surface area contributed by atoms with Crippen LogP contribution >= 0.6 is 0 Å². The number of carboxylic acids is 1. The number of rotatable bonds is 4. The van der Waals surface area contributed by atoms with Gasteiger partial charge in [0, 0.05) is 12.1 Å². The molecule has 1 aliphatic rings. The van der Waals surface area contributed by atoms with Crippen molar-refractivity contribution >= 4 is 11.9 Å². The Bertz CT molecular complexity index is 372. The number of amides is 1. The van der Waals surface area contributed by atoms with Gasteiger partial charge in [0.2, 0.25) is 5.91 Å². The standard InChI is InChI=1S/C15H28N2O3/c1-14(2,3)16-12(18)10-17-8-6-7-11(9-17)15(4,5)13(19)20/h11H,6-10H2,1-5H3,(H,16,18)(H,19,20). The third-order valence-corrected chi connectivity index (χ3v) is 3.96. The average Bonchev–Trinajstić information content (AvgIpc) is 2.26. The lowest BCUT2D eigenvalue weighted by molar-refractivity contribution is -0.151. The van der Waals surface area contributed by atoms with Crippen LogP contribution in [-0.2, 0) is 9.59 Å². The summed E-state index contributed by atoms with van der Waals surface area (Å²) in [5.41, 5.74) is -0.966. The Morgan fingerprint density at radius 3 is 2.35 bits per heavy atom. The highest BCUT2D eigenvalue weighted by Gasteiger charge is 2.39. The molecule has 1 amide bonds. The molecule has 0 aromatic rings. The second-order valence-corrected chi connectivity index (χ2v) is 7.40. The van der Waals surface area contributed by atoms with Gasteiger partial charge >= 0.3 is 5.97 Å². The lowest BCUT2D eigenvalue weighted by atomic mass is 9.74. The number of carboxylic acid groups (broad SMARTS) is 1. The third kappa shape index (κ3) is 4.78. The first-order chi connectivity index (χ1) is 9.02. The molecule has 0 spiro atoms. The van der Waals surface area contributed by atoms with Crippen molar-refractivity contribution < 1.29 is 14.7 Å². The highest BCUT2D eigenvalue weighted by molar-refractivity contribution is 5.78. The maximum atomic E-state index is 11.9. The normalized spacial score (nSPS) is 21.6. The molecule has 0 saturated carbocycles. The second-order valence-electron chi connectivity index (χ2n) is 7.40. The van der Waals surface area contributed by atoms with Crippen molar-refractivity contribution in [3.63, 3.8) is 0 Å². The molecule has 5 heteroatoms. The zero-order chi connectivity index (χ0) is 15.6. The molecular formula is C15H28N2O3. The van der Waals surface area contributed by atoms with Gasteiger partial charge in [0.1, 0.15) is 0 Å². The number of hydrogen-bond acceptors (Lipinski definition) is 3. The van der Waals surface area contributed by atoms with Crippen molar-refractivity contribution in [3.8, 4) is 0 Å². The maximum absolute atomic E-state index is 11.9. The molecule has 0 aromatic heterocycles. The molecule has 1 aliphatic heterocycles. The van der Waals surface area contributed by atoms with Crippen LogP contribution in [0, 0.1) is 11.3 Å². The summed E-state index contributed by atoms with van der Waals surface area (Å²) in [6.45, 7) is 11.3. The van der Waals surface area contributed by atoms with Crippen LogP contribution in [-0.4, -0.2) is 47.1 Å². The highest BCUT2D eigenvalue weighted by Crippen LogP contribution is 2.34. The summed E-state index contributed by atoms with van der Waals surface area (Å²) in [6.07, 6.45) is 1.86. The van der Waals surface area contributed by atoms with Crippen molar-refractivity contribution in [1.29, 1.82) is 0 Å². The van der Waals surface area contributed by atoms with Crippen LogP contribution < -0.4 is 5.32 Å². The maximum Gasteiger partial charge on any atom is 0.309 e. The number of carbonyl (C=O) groups is 2. The van der Waals surface area contributed by atoms with Gasteiger partial charge in [-0.1, -0.05) is 0 Å². The number of piperidine rings is 1. The molecule has 1 saturated heterocycles. The molecule has 0 aliphatic carbocycles. The smallest absolute Gasteiger partial charge is 0.309 e. The molecular weight excluding hydrogens is 256 g/mol. The van der Waals surface area contributed by atoms with Gasteiger partial charge in [-0.25, -0.2) is 0 Å². The van der Waals surface area contributed by atoms with E-state index in [0.717, 1.165) is 19.4 Å². The fourth-order valence-corrected chi connectivity index (χ4v) is 2.62. The summed E-state index contributed by atoms with van der Waals surface area (Å²) in [6, 6.07) is 0. The number of carbonyl (C=O) groups excluding carboxylic acids is 1. The van der Waals surface area contributed by atoms with E-state index in [4.69, 9.17) is 0 Å². The summed E-state index contributed by atoms with van der Waals surface area (Å²) >= 11 is 0. The minimum absolute atomic E-state index is 0.00582. The van der Waals surface area contributed by atoms with E-state index in [1.807, 2.05) is 20.8 Å². The van der Waals surface area contributed by atoms with Crippen LogP contribution in [0.1, 0.15) is 47.5 Å². The van der Waals surface area contributed by atoms with Gasteiger partial charge in [0.15, 0.2) is 0 Å². The van der Waals surface area contributed by atoms with Crippen molar-refractivity contribution in [2.75, 3.05) is 19.6 Å². The minimum Gasteiger partial charge on any atom is -0.481 e. The fraction of sp³-hybridized carbons (Fsp3) is 0.867. The number of nitrogens with one attached hydrogen (secondary N) is 1. The average molecular weight is 284 g/mol. The first-order valence-electron chi connectivity index (χ1n) is 7.29. The topological polar surface area (TPSA) is 69.6 Å². The Kier molecular flexibility index (Phi) is 5.19. The molecule has 0 aromatic carbocycles. The fourth-order valence-electron chi connectivity index (χ4n) is 2.62. The molecule has 5 nitrogen and oxygen atoms in total. The van der Waals surface area contributed by atoms with E-state index in [0.29, 0.717) is 13.1 Å². The SMILES string of the molecule is CC(C)(C)NC(=O)CN1CCCC(C(C)(C)C(=O)O)C1. The van der Waals surface area contributed by atoms with Gasteiger partial charge in [-0.2, -0.15) is 0 Å². The first-order valence-corrected chi connectivity index (χ1v) is 7.29. The van der Waals surface area contributed by atoms with Crippen LogP contribution in [0.4, 0.5) is 0 Å². The van der Waals surface area contributed by atoms with E-state index in [2.05, 4.69) is 10.2 Å². The zero-order valence-electron chi connectivity index (χ0n) is 13.3. The summed E-state index contributed by atoms with van der Waals surface area (Å²) in [5, 5.41) is 12.3. The quantitative estimate of drug-likeness (QED) is 0.825. The molecule has 116 valence electrons. The lowest BCUT2D eigenvalue weighted by Gasteiger charge is -2.39. The number of likely N-dealkylation sites (tertiary alicyclic amines) is 1. The Labute approximate surface area is 121 Å². The monoisotopic (exact) mass is 284 g/mol. The van der Waals surface area contributed by atoms with Crippen molar-refractivity contribution in [2.45, 2.75) is 53.0 Å². The highest BCUT2D eigenvalue weighted by atomic mass is 16.4. The molecule has 1 heterocycles. The second kappa shape index (κ2) is 6.12. The molecule has 1 atom stereocenters. The van der Waals surface area contributed by atoms with Crippen LogP contribution in [0.3, 0.4) is 0 Å². The lowest BCUT2D eigenvalue weighted by Crippen LogP contribution is -2.50. The van der Waals surface area contributed by atoms with Crippen LogP contribution in [0.25, 0.3) is 0 Å². The molecule has 1 rings (SSSR count). The Morgan fingerprint density at radius 1 is 1.25 bits per heavy atom. The van der Waals surface area contributed by atoms with E-state index >= 15 is 0 Å². The largest absolute Gasteiger partial charge is 0.481 e. The number of aliphatic carboxylic acids is 1. The predicted molar refractivity (Wildman–Crippen MR) is 78.5 cm³/mol. The molecule has 0 bridgehead atoms. The third-order valence-electron chi connectivity index (χ3n) is 3.96. The van der Waals surface area contributed by atoms with Gasteiger partial charge in [-0.15, -0.1) is 0 Å².